The summed E-state index contributed by atoms with van der Waals surface area (Å²) >= 11 is 6.02. The van der Waals surface area contributed by atoms with E-state index >= 15 is 0 Å². The number of pyridine rings is 1. The number of carbonyl (C=O) groups excluding carboxylic acids is 1. The Kier molecular flexibility index (Phi) is 5.86. The van der Waals surface area contributed by atoms with E-state index in [0.29, 0.717) is 23.6 Å². The van der Waals surface area contributed by atoms with E-state index in [9.17, 15) is 4.79 Å². The SMILES string of the molecule is CCOC(=O)c1c(C(C)C)oc2nccc(N3CCN(c4ccc(Cl)cc4)CC3)c12. The summed E-state index contributed by atoms with van der Waals surface area (Å²) < 4.78 is 11.3. The van der Waals surface area contributed by atoms with Crippen LogP contribution in [0.3, 0.4) is 0 Å². The fourth-order valence-electron chi connectivity index (χ4n) is 3.96. The van der Waals surface area contributed by atoms with Crippen LogP contribution in [0.25, 0.3) is 11.1 Å². The molecule has 0 radical (unpaired) electrons. The van der Waals surface area contributed by atoms with Crippen molar-refractivity contribution in [1.82, 2.24) is 4.98 Å². The van der Waals surface area contributed by atoms with Gasteiger partial charge in [-0.15, -0.1) is 0 Å². The molecule has 4 rings (SSSR count). The number of aromatic nitrogens is 1. The quantitative estimate of drug-likeness (QED) is 0.527. The molecule has 6 nitrogen and oxygen atoms in total. The van der Waals surface area contributed by atoms with E-state index in [4.69, 9.17) is 20.8 Å². The lowest BCUT2D eigenvalue weighted by atomic mass is 10.0. The van der Waals surface area contributed by atoms with Crippen LogP contribution >= 0.6 is 11.6 Å². The van der Waals surface area contributed by atoms with Crippen LogP contribution in [0.1, 0.15) is 42.8 Å². The van der Waals surface area contributed by atoms with Crippen molar-refractivity contribution in [2.45, 2.75) is 26.7 Å². The monoisotopic (exact) mass is 427 g/mol. The van der Waals surface area contributed by atoms with Crippen molar-refractivity contribution >= 4 is 40.0 Å². The number of furan rings is 1. The van der Waals surface area contributed by atoms with Crippen molar-refractivity contribution in [3.8, 4) is 0 Å². The maximum absolute atomic E-state index is 12.8. The summed E-state index contributed by atoms with van der Waals surface area (Å²) in [7, 11) is 0. The molecule has 1 saturated heterocycles. The Morgan fingerprint density at radius 3 is 2.43 bits per heavy atom. The number of hydrogen-bond donors (Lipinski definition) is 0. The third-order valence-corrected chi connectivity index (χ3v) is 5.67. The third kappa shape index (κ3) is 3.84. The summed E-state index contributed by atoms with van der Waals surface area (Å²) in [5, 5.41) is 1.49. The minimum Gasteiger partial charge on any atom is -0.462 e. The van der Waals surface area contributed by atoms with Gasteiger partial charge >= 0.3 is 5.97 Å². The molecule has 0 N–H and O–H groups in total. The van der Waals surface area contributed by atoms with E-state index in [0.717, 1.165) is 48.0 Å². The van der Waals surface area contributed by atoms with Crippen molar-refractivity contribution in [2.24, 2.45) is 0 Å². The van der Waals surface area contributed by atoms with Gasteiger partial charge in [-0.2, -0.15) is 0 Å². The van der Waals surface area contributed by atoms with Crippen LogP contribution in [-0.2, 0) is 4.74 Å². The number of piperazine rings is 1. The van der Waals surface area contributed by atoms with Crippen LogP contribution in [0.5, 0.6) is 0 Å². The number of carbonyl (C=O) groups is 1. The third-order valence-electron chi connectivity index (χ3n) is 5.41. The number of halogens is 1. The average Bonchev–Trinajstić information content (AvgIpc) is 3.15. The molecular weight excluding hydrogens is 402 g/mol. The van der Waals surface area contributed by atoms with Crippen LogP contribution in [0.15, 0.2) is 40.9 Å². The van der Waals surface area contributed by atoms with Crippen LogP contribution < -0.4 is 9.80 Å². The van der Waals surface area contributed by atoms with Crippen LogP contribution in [0.2, 0.25) is 5.02 Å². The molecule has 1 fully saturated rings. The normalized spacial score (nSPS) is 14.6. The van der Waals surface area contributed by atoms with Gasteiger partial charge in [0.15, 0.2) is 0 Å². The molecule has 7 heteroatoms. The van der Waals surface area contributed by atoms with E-state index in [1.54, 1.807) is 6.20 Å². The van der Waals surface area contributed by atoms with Gasteiger partial charge < -0.3 is 19.0 Å². The number of esters is 1. The Morgan fingerprint density at radius 1 is 1.13 bits per heavy atom. The molecule has 0 bridgehead atoms. The standard InChI is InChI=1S/C23H26ClN3O3/c1-4-29-23(28)20-19-18(9-10-25-22(19)30-21(20)15(2)3)27-13-11-26(12-14-27)17-7-5-16(24)6-8-17/h5-10,15H,4,11-14H2,1-3H3. The largest absolute Gasteiger partial charge is 0.462 e. The smallest absolute Gasteiger partial charge is 0.342 e. The summed E-state index contributed by atoms with van der Waals surface area (Å²) in [6.45, 7) is 9.53. The molecular formula is C23H26ClN3O3. The van der Waals surface area contributed by atoms with Crippen LogP contribution in [0.4, 0.5) is 11.4 Å². The molecule has 3 heterocycles. The van der Waals surface area contributed by atoms with Crippen molar-refractivity contribution < 1.29 is 13.9 Å². The van der Waals surface area contributed by atoms with Gasteiger partial charge in [0, 0.05) is 49.0 Å². The molecule has 1 aromatic carbocycles. The highest BCUT2D eigenvalue weighted by Crippen LogP contribution is 2.37. The number of hydrogen-bond acceptors (Lipinski definition) is 6. The molecule has 0 aliphatic carbocycles. The highest BCUT2D eigenvalue weighted by atomic mass is 35.5. The number of fused-ring (bicyclic) bond motifs is 1. The first-order valence-corrected chi connectivity index (χ1v) is 10.7. The van der Waals surface area contributed by atoms with Gasteiger partial charge in [0.1, 0.15) is 11.3 Å². The molecule has 1 aliphatic heterocycles. The van der Waals surface area contributed by atoms with Crippen molar-refractivity contribution in [3.63, 3.8) is 0 Å². The van der Waals surface area contributed by atoms with Crippen LogP contribution in [-0.4, -0.2) is 43.7 Å². The first-order valence-electron chi connectivity index (χ1n) is 10.3. The Bertz CT molecular complexity index is 1040. The summed E-state index contributed by atoms with van der Waals surface area (Å²) in [6, 6.07) is 9.89. The molecule has 0 saturated carbocycles. The predicted octanol–water partition coefficient (Wildman–Crippen LogP) is 5.11. The van der Waals surface area contributed by atoms with Gasteiger partial charge in [0.25, 0.3) is 0 Å². The fourth-order valence-corrected chi connectivity index (χ4v) is 4.08. The van der Waals surface area contributed by atoms with Gasteiger partial charge in [-0.05, 0) is 37.3 Å². The highest BCUT2D eigenvalue weighted by Gasteiger charge is 2.29. The summed E-state index contributed by atoms with van der Waals surface area (Å²) in [5.74, 6) is 0.324. The molecule has 3 aromatic rings. The van der Waals surface area contributed by atoms with E-state index in [1.165, 1.54) is 0 Å². The molecule has 158 valence electrons. The van der Waals surface area contributed by atoms with Gasteiger partial charge in [-0.25, -0.2) is 9.78 Å². The van der Waals surface area contributed by atoms with E-state index < -0.39 is 0 Å². The van der Waals surface area contributed by atoms with Crippen molar-refractivity contribution in [1.29, 1.82) is 0 Å². The Hall–Kier alpha value is -2.73. The number of rotatable bonds is 5. The molecule has 1 aliphatic rings. The molecule has 0 atom stereocenters. The van der Waals surface area contributed by atoms with E-state index in [2.05, 4.69) is 14.8 Å². The first kappa shape index (κ1) is 20.5. The first-order chi connectivity index (χ1) is 14.5. The maximum atomic E-state index is 12.8. The maximum Gasteiger partial charge on any atom is 0.342 e. The number of ether oxygens (including phenoxy) is 1. The zero-order chi connectivity index (χ0) is 21.3. The average molecular weight is 428 g/mol. The zero-order valence-electron chi connectivity index (χ0n) is 17.5. The summed E-state index contributed by atoms with van der Waals surface area (Å²) in [4.78, 5) is 21.8. The highest BCUT2D eigenvalue weighted by molar-refractivity contribution is 6.30. The topological polar surface area (TPSA) is 58.8 Å². The lowest BCUT2D eigenvalue weighted by Gasteiger charge is -2.37. The van der Waals surface area contributed by atoms with Crippen molar-refractivity contribution in [3.05, 3.63) is 52.9 Å². The Balaban J connectivity index is 1.66. The minimum atomic E-state index is -0.353. The van der Waals surface area contributed by atoms with Gasteiger partial charge in [-0.3, -0.25) is 0 Å². The molecule has 0 spiro atoms. The van der Waals surface area contributed by atoms with Gasteiger partial charge in [-0.1, -0.05) is 25.4 Å². The second kappa shape index (κ2) is 8.56. The second-order valence-corrected chi connectivity index (χ2v) is 8.11. The summed E-state index contributed by atoms with van der Waals surface area (Å²) in [5.41, 5.74) is 3.12. The van der Waals surface area contributed by atoms with Crippen molar-refractivity contribution in [2.75, 3.05) is 42.6 Å². The Labute approximate surface area is 181 Å². The summed E-state index contributed by atoms with van der Waals surface area (Å²) in [6.07, 6.45) is 1.74. The molecule has 0 unspecified atom stereocenters. The van der Waals surface area contributed by atoms with Crippen LogP contribution in [0, 0.1) is 0 Å². The number of anilines is 2. The number of nitrogens with zero attached hydrogens (tertiary/aromatic N) is 3. The van der Waals surface area contributed by atoms with Gasteiger partial charge in [0.2, 0.25) is 5.71 Å². The van der Waals surface area contributed by atoms with E-state index in [1.807, 2.05) is 51.1 Å². The van der Waals surface area contributed by atoms with Gasteiger partial charge in [0.05, 0.1) is 17.7 Å². The second-order valence-electron chi connectivity index (χ2n) is 7.68. The lowest BCUT2D eigenvalue weighted by Crippen LogP contribution is -2.46. The molecule has 0 amide bonds. The Morgan fingerprint density at radius 2 is 1.80 bits per heavy atom. The number of benzene rings is 1. The molecule has 2 aromatic heterocycles. The lowest BCUT2D eigenvalue weighted by molar-refractivity contribution is 0.0525. The van der Waals surface area contributed by atoms with E-state index in [-0.39, 0.29) is 11.9 Å². The zero-order valence-corrected chi connectivity index (χ0v) is 18.3. The molecule has 30 heavy (non-hydrogen) atoms. The minimum absolute atomic E-state index is 0.0493. The fraction of sp³-hybridized carbons (Fsp3) is 0.391. The predicted molar refractivity (Wildman–Crippen MR) is 120 cm³/mol.